The molecule has 3 rings (SSSR count). The van der Waals surface area contributed by atoms with E-state index in [4.69, 9.17) is 0 Å². The summed E-state index contributed by atoms with van der Waals surface area (Å²) < 4.78 is 38.8. The van der Waals surface area contributed by atoms with Gasteiger partial charge in [-0.05, 0) is 44.4 Å². The van der Waals surface area contributed by atoms with Crippen molar-refractivity contribution in [2.75, 3.05) is 18.4 Å². The van der Waals surface area contributed by atoms with E-state index in [2.05, 4.69) is 15.5 Å². The normalized spacial score (nSPS) is 25.0. The second-order valence-corrected chi connectivity index (χ2v) is 6.20. The third-order valence-corrected chi connectivity index (χ3v) is 4.64. The predicted molar refractivity (Wildman–Crippen MR) is 81.2 cm³/mol. The van der Waals surface area contributed by atoms with Crippen molar-refractivity contribution in [2.45, 2.75) is 43.9 Å². The number of nitrogens with one attached hydrogen (secondary N) is 2. The third kappa shape index (κ3) is 3.77. The molecule has 4 nitrogen and oxygen atoms in total. The Morgan fingerprint density at radius 1 is 1.17 bits per heavy atom. The molecule has 2 amide bonds. The van der Waals surface area contributed by atoms with Gasteiger partial charge in [0.2, 0.25) is 0 Å². The number of halogens is 3. The summed E-state index contributed by atoms with van der Waals surface area (Å²) in [6.45, 7) is 2.05. The Morgan fingerprint density at radius 3 is 2.74 bits per heavy atom. The smallest absolute Gasteiger partial charge is 0.335 e. The third-order valence-electron chi connectivity index (χ3n) is 4.64. The predicted octanol–water partition coefficient (Wildman–Crippen LogP) is 3.45. The summed E-state index contributed by atoms with van der Waals surface area (Å²) >= 11 is 0. The Hall–Kier alpha value is -1.76. The maximum atomic E-state index is 12.9. The molecule has 0 radical (unpaired) electrons. The van der Waals surface area contributed by atoms with E-state index in [9.17, 15) is 18.0 Å². The molecular weight excluding hydrogens is 307 g/mol. The van der Waals surface area contributed by atoms with Crippen molar-refractivity contribution in [3.63, 3.8) is 0 Å². The van der Waals surface area contributed by atoms with Gasteiger partial charge in [0.05, 0.1) is 11.3 Å². The van der Waals surface area contributed by atoms with E-state index in [0.717, 1.165) is 38.4 Å². The Bertz CT molecular complexity index is 576. The van der Waals surface area contributed by atoms with Gasteiger partial charge in [0.25, 0.3) is 0 Å². The fourth-order valence-corrected chi connectivity index (χ4v) is 3.54. The number of para-hydroxylation sites is 1. The van der Waals surface area contributed by atoms with E-state index in [1.807, 2.05) is 0 Å². The number of rotatable bonds is 2. The van der Waals surface area contributed by atoms with E-state index in [-0.39, 0.29) is 11.7 Å². The Balaban J connectivity index is 1.60. The van der Waals surface area contributed by atoms with Crippen LogP contribution in [0.2, 0.25) is 0 Å². The van der Waals surface area contributed by atoms with E-state index in [1.165, 1.54) is 24.6 Å². The Kier molecular flexibility index (Phi) is 4.48. The number of hydrogen-bond donors (Lipinski definition) is 2. The van der Waals surface area contributed by atoms with Crippen LogP contribution in [-0.4, -0.2) is 36.1 Å². The van der Waals surface area contributed by atoms with Crippen LogP contribution in [0.3, 0.4) is 0 Å². The minimum atomic E-state index is -4.49. The van der Waals surface area contributed by atoms with Crippen LogP contribution in [0.5, 0.6) is 0 Å². The summed E-state index contributed by atoms with van der Waals surface area (Å²) in [5, 5.41) is 5.15. The zero-order valence-corrected chi connectivity index (χ0v) is 12.7. The number of piperidine rings is 1. The molecule has 0 aromatic heterocycles. The number of urea groups is 1. The van der Waals surface area contributed by atoms with Gasteiger partial charge in [-0.25, -0.2) is 4.79 Å². The van der Waals surface area contributed by atoms with Gasteiger partial charge < -0.3 is 15.5 Å². The van der Waals surface area contributed by atoms with E-state index in [1.54, 1.807) is 0 Å². The summed E-state index contributed by atoms with van der Waals surface area (Å²) in [4.78, 5) is 14.5. The highest BCUT2D eigenvalue weighted by atomic mass is 19.4. The number of amides is 2. The molecule has 1 aromatic carbocycles. The first-order chi connectivity index (χ1) is 10.9. The summed E-state index contributed by atoms with van der Waals surface area (Å²) in [6, 6.07) is 4.96. The van der Waals surface area contributed by atoms with Gasteiger partial charge in [-0.1, -0.05) is 12.1 Å². The molecule has 2 heterocycles. The molecule has 0 saturated carbocycles. The van der Waals surface area contributed by atoms with Crippen LogP contribution >= 0.6 is 0 Å². The van der Waals surface area contributed by atoms with Crippen LogP contribution in [0.15, 0.2) is 24.3 Å². The molecule has 0 aliphatic carbocycles. The molecular formula is C16H20F3N3O. The number of anilines is 1. The summed E-state index contributed by atoms with van der Waals surface area (Å²) in [5.41, 5.74) is -1.04. The van der Waals surface area contributed by atoms with Gasteiger partial charge in [0.1, 0.15) is 0 Å². The number of carbonyl (C=O) groups is 1. The lowest BCUT2D eigenvalue weighted by atomic mass is 9.98. The van der Waals surface area contributed by atoms with Crippen LogP contribution in [0, 0.1) is 0 Å². The molecule has 23 heavy (non-hydrogen) atoms. The van der Waals surface area contributed by atoms with Crippen molar-refractivity contribution >= 4 is 11.7 Å². The molecule has 2 aliphatic heterocycles. The van der Waals surface area contributed by atoms with Crippen molar-refractivity contribution in [1.29, 1.82) is 0 Å². The highest BCUT2D eigenvalue weighted by molar-refractivity contribution is 5.90. The largest absolute Gasteiger partial charge is 0.418 e. The number of benzene rings is 1. The standard InChI is InChI=1S/C16H20F3N3O/c17-16(18,19)13-5-1-2-6-14(13)21-15(23)20-11-7-9-22-8-3-4-12(22)10-11/h1-2,5-6,11-12H,3-4,7-10H2,(H2,20,21,23)/t11-,12-/m0/s1. The zero-order valence-electron chi connectivity index (χ0n) is 12.7. The lowest BCUT2D eigenvalue weighted by molar-refractivity contribution is -0.136. The number of alkyl halides is 3. The molecule has 0 bridgehead atoms. The lowest BCUT2D eigenvalue weighted by Gasteiger charge is -2.35. The first-order valence-corrected chi connectivity index (χ1v) is 7.91. The number of hydrogen-bond acceptors (Lipinski definition) is 2. The van der Waals surface area contributed by atoms with Crippen LogP contribution in [0.1, 0.15) is 31.2 Å². The molecule has 2 N–H and O–H groups in total. The number of carbonyl (C=O) groups excluding carboxylic acids is 1. The molecule has 126 valence electrons. The van der Waals surface area contributed by atoms with Crippen LogP contribution in [0.25, 0.3) is 0 Å². The summed E-state index contributed by atoms with van der Waals surface area (Å²) in [5.74, 6) is 0. The minimum absolute atomic E-state index is 0.0207. The van der Waals surface area contributed by atoms with Crippen molar-refractivity contribution in [2.24, 2.45) is 0 Å². The average Bonchev–Trinajstić information content (AvgIpc) is 2.94. The lowest BCUT2D eigenvalue weighted by Crippen LogP contribution is -2.48. The molecule has 2 atom stereocenters. The van der Waals surface area contributed by atoms with Crippen LogP contribution in [0.4, 0.5) is 23.7 Å². The minimum Gasteiger partial charge on any atom is -0.335 e. The fourth-order valence-electron chi connectivity index (χ4n) is 3.54. The fraction of sp³-hybridized carbons (Fsp3) is 0.562. The van der Waals surface area contributed by atoms with E-state index >= 15 is 0 Å². The SMILES string of the molecule is O=C(Nc1ccccc1C(F)(F)F)N[C@H]1CCN2CCC[C@H]2C1. The van der Waals surface area contributed by atoms with Crippen LogP contribution in [-0.2, 0) is 6.18 Å². The van der Waals surface area contributed by atoms with Gasteiger partial charge in [-0.2, -0.15) is 13.2 Å². The average molecular weight is 327 g/mol. The maximum Gasteiger partial charge on any atom is 0.418 e. The molecule has 2 saturated heterocycles. The molecule has 2 fully saturated rings. The summed E-state index contributed by atoms with van der Waals surface area (Å²) in [6.07, 6.45) is -0.461. The van der Waals surface area contributed by atoms with Gasteiger partial charge in [0.15, 0.2) is 0 Å². The Labute approximate surface area is 133 Å². The molecule has 0 spiro atoms. The molecule has 7 heteroatoms. The highest BCUT2D eigenvalue weighted by Gasteiger charge is 2.34. The molecule has 2 aliphatic rings. The van der Waals surface area contributed by atoms with E-state index < -0.39 is 17.8 Å². The highest BCUT2D eigenvalue weighted by Crippen LogP contribution is 2.34. The first-order valence-electron chi connectivity index (χ1n) is 7.91. The quantitative estimate of drug-likeness (QED) is 0.874. The second-order valence-electron chi connectivity index (χ2n) is 6.20. The van der Waals surface area contributed by atoms with Crippen molar-refractivity contribution < 1.29 is 18.0 Å². The first kappa shape index (κ1) is 16.1. The topological polar surface area (TPSA) is 44.4 Å². The van der Waals surface area contributed by atoms with Crippen molar-refractivity contribution in [3.8, 4) is 0 Å². The van der Waals surface area contributed by atoms with Crippen molar-refractivity contribution in [3.05, 3.63) is 29.8 Å². The molecule has 1 aromatic rings. The summed E-state index contributed by atoms with van der Waals surface area (Å²) in [7, 11) is 0. The number of fused-ring (bicyclic) bond motifs is 1. The monoisotopic (exact) mass is 327 g/mol. The van der Waals surface area contributed by atoms with Gasteiger partial charge in [-0.3, -0.25) is 0 Å². The van der Waals surface area contributed by atoms with Gasteiger partial charge in [0, 0.05) is 18.6 Å². The Morgan fingerprint density at radius 2 is 1.96 bits per heavy atom. The van der Waals surface area contributed by atoms with Gasteiger partial charge >= 0.3 is 12.2 Å². The number of nitrogens with zero attached hydrogens (tertiary/aromatic N) is 1. The zero-order chi connectivity index (χ0) is 16.4. The molecule has 0 unspecified atom stereocenters. The maximum absolute atomic E-state index is 12.9. The second kappa shape index (κ2) is 6.39. The van der Waals surface area contributed by atoms with Crippen LogP contribution < -0.4 is 10.6 Å². The van der Waals surface area contributed by atoms with Crippen molar-refractivity contribution in [1.82, 2.24) is 10.2 Å². The van der Waals surface area contributed by atoms with E-state index in [0.29, 0.717) is 6.04 Å². The van der Waals surface area contributed by atoms with Gasteiger partial charge in [-0.15, -0.1) is 0 Å².